The topological polar surface area (TPSA) is 81.8 Å². The van der Waals surface area contributed by atoms with Crippen molar-refractivity contribution in [3.8, 4) is 5.75 Å². The van der Waals surface area contributed by atoms with Crippen molar-refractivity contribution in [3.63, 3.8) is 0 Å². The molecule has 0 aliphatic heterocycles. The maximum absolute atomic E-state index is 11.2. The molecule has 4 atom stereocenters. The fraction of sp³-hybridized carbons (Fsp3) is 0.500. The van der Waals surface area contributed by atoms with Gasteiger partial charge < -0.3 is 20.3 Å². The van der Waals surface area contributed by atoms with E-state index < -0.39 is 6.10 Å². The van der Waals surface area contributed by atoms with Crippen LogP contribution in [0.15, 0.2) is 36.4 Å². The van der Waals surface area contributed by atoms with Gasteiger partial charge in [0, 0.05) is 21.7 Å². The van der Waals surface area contributed by atoms with Crippen LogP contribution in [-0.2, 0) is 17.8 Å². The zero-order valence-corrected chi connectivity index (χ0v) is 18.1. The molecule has 5 nitrogen and oxygen atoms in total. The zero-order chi connectivity index (χ0) is 20.8. The Morgan fingerprint density at radius 1 is 1.28 bits per heavy atom. The molecule has 3 N–H and O–H groups in total. The molecule has 0 unspecified atom stereocenters. The molecule has 158 valence electrons. The molecule has 0 spiro atoms. The van der Waals surface area contributed by atoms with Crippen LogP contribution in [0, 0.1) is 11.8 Å². The number of alkyl halides is 1. The first-order valence-electron chi connectivity index (χ1n) is 9.90. The molecule has 1 amide bonds. The van der Waals surface area contributed by atoms with E-state index in [1.165, 1.54) is 11.3 Å². The van der Waals surface area contributed by atoms with Crippen LogP contribution in [0.5, 0.6) is 5.75 Å². The van der Waals surface area contributed by atoms with Crippen LogP contribution in [0.3, 0.4) is 0 Å². The number of aliphatic hydroxyl groups is 1. The molecular weight excluding hydrogens is 410 g/mol. The Morgan fingerprint density at radius 3 is 2.79 bits per heavy atom. The largest absolute Gasteiger partial charge is 0.496 e. The van der Waals surface area contributed by atoms with E-state index in [4.69, 9.17) is 26.8 Å². The van der Waals surface area contributed by atoms with Gasteiger partial charge in [0.15, 0.2) is 0 Å². The van der Waals surface area contributed by atoms with Crippen LogP contribution in [0.4, 0.5) is 0 Å². The summed E-state index contributed by atoms with van der Waals surface area (Å²) in [6.45, 7) is 0.913. The molecule has 0 radical (unpaired) electrons. The summed E-state index contributed by atoms with van der Waals surface area (Å²) >= 11 is 7.99. The average molecular weight is 438 g/mol. The van der Waals surface area contributed by atoms with Crippen molar-refractivity contribution in [2.45, 2.75) is 43.8 Å². The minimum atomic E-state index is -0.441. The van der Waals surface area contributed by atoms with Crippen LogP contribution < -0.4 is 10.5 Å². The highest BCUT2D eigenvalue weighted by atomic mass is 35.5. The fourth-order valence-corrected chi connectivity index (χ4v) is 5.44. The lowest BCUT2D eigenvalue weighted by Gasteiger charge is -2.23. The van der Waals surface area contributed by atoms with Crippen molar-refractivity contribution in [1.29, 1.82) is 0 Å². The lowest BCUT2D eigenvalue weighted by molar-refractivity contribution is 0.0195. The molecule has 1 fully saturated rings. The highest BCUT2D eigenvalue weighted by Gasteiger charge is 2.41. The number of hydrogen-bond donors (Lipinski definition) is 2. The quantitative estimate of drug-likeness (QED) is 0.550. The molecular formula is C22H28ClNO4S. The second-order valence-corrected chi connectivity index (χ2v) is 9.23. The Labute approximate surface area is 180 Å². The van der Waals surface area contributed by atoms with Crippen molar-refractivity contribution >= 4 is 28.8 Å². The second-order valence-electron chi connectivity index (χ2n) is 7.50. The van der Waals surface area contributed by atoms with Crippen molar-refractivity contribution in [2.75, 3.05) is 13.7 Å². The zero-order valence-electron chi connectivity index (χ0n) is 16.6. The smallest absolute Gasteiger partial charge is 0.258 e. The van der Waals surface area contributed by atoms with Gasteiger partial charge in [0.05, 0.1) is 31.3 Å². The number of primary amides is 1. The minimum Gasteiger partial charge on any atom is -0.496 e. The highest BCUT2D eigenvalue weighted by Crippen LogP contribution is 2.39. The Bertz CT molecular complexity index is 812. The number of aryl methyl sites for hydroxylation is 1. The SMILES string of the molecule is COc1ccccc1COC[C@@H]1[C@@H](CCCc2ccc(C(N)=O)s2)[C@H](Cl)C[C@H]1O. The van der Waals surface area contributed by atoms with Gasteiger partial charge in [-0.2, -0.15) is 0 Å². The molecule has 1 heterocycles. The van der Waals surface area contributed by atoms with Gasteiger partial charge in [-0.3, -0.25) is 4.79 Å². The first-order chi connectivity index (χ1) is 14.0. The van der Waals surface area contributed by atoms with Gasteiger partial charge in [0.25, 0.3) is 5.91 Å². The summed E-state index contributed by atoms with van der Waals surface area (Å²) in [7, 11) is 1.65. The molecule has 1 aromatic heterocycles. The molecule has 0 bridgehead atoms. The number of methoxy groups -OCH3 is 1. The van der Waals surface area contributed by atoms with Gasteiger partial charge in [-0.15, -0.1) is 22.9 Å². The second kappa shape index (κ2) is 10.4. The van der Waals surface area contributed by atoms with Gasteiger partial charge >= 0.3 is 0 Å². The van der Waals surface area contributed by atoms with Crippen molar-refractivity contribution in [1.82, 2.24) is 0 Å². The predicted octanol–water partition coefficient (Wildman–Crippen LogP) is 4.00. The summed E-state index contributed by atoms with van der Waals surface area (Å²) in [5.74, 6) is 0.655. The number of rotatable bonds is 10. The summed E-state index contributed by atoms with van der Waals surface area (Å²) < 4.78 is 11.3. The number of halogens is 1. The summed E-state index contributed by atoms with van der Waals surface area (Å²) in [5.41, 5.74) is 6.31. The number of nitrogens with two attached hydrogens (primary N) is 1. The molecule has 1 aliphatic rings. The molecule has 1 saturated carbocycles. The third kappa shape index (κ3) is 5.72. The number of ether oxygens (including phenoxy) is 2. The van der Waals surface area contributed by atoms with E-state index in [1.807, 2.05) is 30.3 Å². The number of amides is 1. The lowest BCUT2D eigenvalue weighted by Crippen LogP contribution is -2.26. The maximum Gasteiger partial charge on any atom is 0.258 e. The van der Waals surface area contributed by atoms with Gasteiger partial charge in [0.1, 0.15) is 5.75 Å². The number of hydrogen-bond acceptors (Lipinski definition) is 5. The molecule has 29 heavy (non-hydrogen) atoms. The van der Waals surface area contributed by atoms with E-state index in [9.17, 15) is 9.90 Å². The van der Waals surface area contributed by atoms with Crippen LogP contribution >= 0.6 is 22.9 Å². The van der Waals surface area contributed by atoms with E-state index in [2.05, 4.69) is 0 Å². The normalized spacial score (nSPS) is 24.0. The van der Waals surface area contributed by atoms with Crippen molar-refractivity contribution in [2.24, 2.45) is 17.6 Å². The summed E-state index contributed by atoms with van der Waals surface area (Å²) in [5, 5.41) is 10.4. The predicted molar refractivity (Wildman–Crippen MR) is 116 cm³/mol. The monoisotopic (exact) mass is 437 g/mol. The summed E-state index contributed by atoms with van der Waals surface area (Å²) in [6.07, 6.45) is 2.89. The average Bonchev–Trinajstić information content (AvgIpc) is 3.28. The summed E-state index contributed by atoms with van der Waals surface area (Å²) in [6, 6.07) is 11.5. The standard InChI is InChI=1S/C22H28ClNO4S/c1-27-20-8-3-2-5-14(20)12-28-13-17-16(18(23)11-19(17)25)7-4-6-15-9-10-21(29-15)22(24)26/h2-3,5,8-10,16-19,25H,4,6-7,11-13H2,1H3,(H2,24,26)/t16-,17-,18-,19-/m1/s1. The first-order valence-corrected chi connectivity index (χ1v) is 11.1. The maximum atomic E-state index is 11.2. The highest BCUT2D eigenvalue weighted by molar-refractivity contribution is 7.14. The van der Waals surface area contributed by atoms with E-state index in [1.54, 1.807) is 13.2 Å². The van der Waals surface area contributed by atoms with Gasteiger partial charge in [-0.25, -0.2) is 0 Å². The Hall–Kier alpha value is -1.60. The molecule has 1 aliphatic carbocycles. The molecule has 1 aromatic carbocycles. The van der Waals surface area contributed by atoms with E-state index in [-0.39, 0.29) is 23.1 Å². The number of para-hydroxylation sites is 1. The number of thiophene rings is 1. The van der Waals surface area contributed by atoms with Gasteiger partial charge in [0.2, 0.25) is 0 Å². The van der Waals surface area contributed by atoms with Gasteiger partial charge in [-0.05, 0) is 49.8 Å². The summed E-state index contributed by atoms with van der Waals surface area (Å²) in [4.78, 5) is 13.0. The molecule has 2 aromatic rings. The Morgan fingerprint density at radius 2 is 2.07 bits per heavy atom. The molecule has 0 saturated heterocycles. The lowest BCUT2D eigenvalue weighted by atomic mass is 9.90. The fourth-order valence-electron chi connectivity index (χ4n) is 4.05. The molecule has 7 heteroatoms. The molecule has 3 rings (SSSR count). The number of aliphatic hydroxyl groups excluding tert-OH is 1. The van der Waals surface area contributed by atoms with Crippen LogP contribution in [0.1, 0.15) is 39.4 Å². The van der Waals surface area contributed by atoms with E-state index in [0.29, 0.717) is 24.5 Å². The van der Waals surface area contributed by atoms with Gasteiger partial charge in [-0.1, -0.05) is 18.2 Å². The minimum absolute atomic E-state index is 0.0247. The van der Waals surface area contributed by atoms with Crippen LogP contribution in [0.2, 0.25) is 0 Å². The number of carbonyl (C=O) groups excluding carboxylic acids is 1. The van der Waals surface area contributed by atoms with Crippen LogP contribution in [0.25, 0.3) is 0 Å². The number of carbonyl (C=O) groups is 1. The Kier molecular flexibility index (Phi) is 7.95. The van der Waals surface area contributed by atoms with Crippen molar-refractivity contribution < 1.29 is 19.4 Å². The van der Waals surface area contributed by atoms with Crippen LogP contribution in [-0.4, -0.2) is 36.2 Å². The van der Waals surface area contributed by atoms with E-state index >= 15 is 0 Å². The Balaban J connectivity index is 1.51. The number of benzene rings is 1. The third-order valence-electron chi connectivity index (χ3n) is 5.60. The first kappa shape index (κ1) is 22.1. The third-order valence-corrected chi connectivity index (χ3v) is 7.26. The van der Waals surface area contributed by atoms with Crippen molar-refractivity contribution in [3.05, 3.63) is 51.7 Å². The van der Waals surface area contributed by atoms with E-state index in [0.717, 1.165) is 35.5 Å².